The number of halogens is 1. The van der Waals surface area contributed by atoms with Gasteiger partial charge < -0.3 is 15.4 Å². The first-order chi connectivity index (χ1) is 13.7. The minimum absolute atomic E-state index is 0. The van der Waals surface area contributed by atoms with Crippen molar-refractivity contribution in [2.45, 2.75) is 56.6 Å². The summed E-state index contributed by atoms with van der Waals surface area (Å²) < 4.78 is 8.32. The quantitative estimate of drug-likeness (QED) is 0.277. The van der Waals surface area contributed by atoms with Gasteiger partial charge in [-0.2, -0.15) is 5.10 Å². The number of fused-ring (bicyclic) bond motifs is 1. The van der Waals surface area contributed by atoms with Gasteiger partial charge in [-0.25, -0.2) is 0 Å². The zero-order valence-electron chi connectivity index (χ0n) is 17.4. The largest absolute Gasteiger partial charge is 0.487 e. The van der Waals surface area contributed by atoms with E-state index in [2.05, 4.69) is 51.2 Å². The number of aromatic nitrogens is 2. The van der Waals surface area contributed by atoms with E-state index >= 15 is 0 Å². The lowest BCUT2D eigenvalue weighted by Crippen LogP contribution is -2.46. The van der Waals surface area contributed by atoms with Crippen molar-refractivity contribution < 1.29 is 4.74 Å². The highest BCUT2D eigenvalue weighted by molar-refractivity contribution is 14.0. The Bertz CT molecular complexity index is 828. The van der Waals surface area contributed by atoms with Crippen molar-refractivity contribution in [3.8, 4) is 5.75 Å². The first-order valence-corrected chi connectivity index (χ1v) is 10.4. The second-order valence-electron chi connectivity index (χ2n) is 8.06. The first-order valence-electron chi connectivity index (χ1n) is 10.4. The van der Waals surface area contributed by atoms with E-state index in [4.69, 9.17) is 4.74 Å². The summed E-state index contributed by atoms with van der Waals surface area (Å²) in [5, 5.41) is 11.4. The molecule has 1 aliphatic carbocycles. The van der Waals surface area contributed by atoms with Crippen LogP contribution in [0.2, 0.25) is 0 Å². The Balaban J connectivity index is 0.00000240. The standard InChI is InChI=1S/C22H31N5O.HI/c1-23-21(24-13-7-8-17-15-25-27(2)16-17)26-19-14-22(11-5-6-12-22)28-20-10-4-3-9-18(19)20;/h3-4,9-10,15-16,19H,5-8,11-14H2,1-2H3,(H2,23,24,26);1H. The third kappa shape index (κ3) is 5.24. The molecule has 1 aliphatic heterocycles. The van der Waals surface area contributed by atoms with Crippen molar-refractivity contribution in [3.05, 3.63) is 47.8 Å². The maximum atomic E-state index is 6.47. The molecular formula is C22H32IN5O. The van der Waals surface area contributed by atoms with Crippen molar-refractivity contribution in [1.82, 2.24) is 20.4 Å². The molecule has 1 aromatic heterocycles. The van der Waals surface area contributed by atoms with Gasteiger partial charge >= 0.3 is 0 Å². The van der Waals surface area contributed by atoms with Crippen molar-refractivity contribution in [1.29, 1.82) is 0 Å². The maximum absolute atomic E-state index is 6.47. The van der Waals surface area contributed by atoms with Crippen molar-refractivity contribution in [2.75, 3.05) is 13.6 Å². The zero-order valence-corrected chi connectivity index (χ0v) is 19.7. The minimum atomic E-state index is -0.00875. The van der Waals surface area contributed by atoms with Crippen LogP contribution in [-0.4, -0.2) is 34.9 Å². The number of benzene rings is 1. The van der Waals surface area contributed by atoms with E-state index < -0.39 is 0 Å². The highest BCUT2D eigenvalue weighted by Gasteiger charge is 2.43. The highest BCUT2D eigenvalue weighted by Crippen LogP contribution is 2.46. The minimum Gasteiger partial charge on any atom is -0.487 e. The van der Waals surface area contributed by atoms with Gasteiger partial charge in [0.15, 0.2) is 5.96 Å². The number of guanidine groups is 1. The van der Waals surface area contributed by atoms with E-state index in [1.54, 1.807) is 0 Å². The predicted octanol–water partition coefficient (Wildman–Crippen LogP) is 3.97. The zero-order chi connectivity index (χ0) is 19.4. The summed E-state index contributed by atoms with van der Waals surface area (Å²) >= 11 is 0. The second kappa shape index (κ2) is 9.82. The summed E-state index contributed by atoms with van der Waals surface area (Å²) in [4.78, 5) is 4.46. The highest BCUT2D eigenvalue weighted by atomic mass is 127. The van der Waals surface area contributed by atoms with Crippen LogP contribution in [0.3, 0.4) is 0 Å². The van der Waals surface area contributed by atoms with E-state index in [0.717, 1.165) is 50.4 Å². The fourth-order valence-electron chi connectivity index (χ4n) is 4.53. The van der Waals surface area contributed by atoms with Crippen LogP contribution in [-0.2, 0) is 13.5 Å². The molecule has 2 aliphatic rings. The normalized spacial score (nSPS) is 19.9. The number of aryl methyl sites for hydroxylation is 2. The average molecular weight is 509 g/mol. The molecule has 2 aromatic rings. The number of nitrogens with zero attached hydrogens (tertiary/aromatic N) is 3. The van der Waals surface area contributed by atoms with Gasteiger partial charge in [-0.3, -0.25) is 9.67 Å². The molecule has 1 aromatic carbocycles. The predicted molar refractivity (Wildman–Crippen MR) is 127 cm³/mol. The Hall–Kier alpha value is -1.77. The summed E-state index contributed by atoms with van der Waals surface area (Å²) in [7, 11) is 3.80. The number of hydrogen-bond donors (Lipinski definition) is 2. The van der Waals surface area contributed by atoms with E-state index in [-0.39, 0.29) is 35.6 Å². The molecule has 2 heterocycles. The van der Waals surface area contributed by atoms with Crippen LogP contribution in [0.1, 0.15) is 55.7 Å². The monoisotopic (exact) mass is 509 g/mol. The van der Waals surface area contributed by atoms with Crippen molar-refractivity contribution in [2.24, 2.45) is 12.0 Å². The molecule has 158 valence electrons. The Labute approximate surface area is 190 Å². The lowest BCUT2D eigenvalue weighted by Gasteiger charge is -2.40. The van der Waals surface area contributed by atoms with Gasteiger partial charge in [0.1, 0.15) is 11.4 Å². The molecular weight excluding hydrogens is 477 g/mol. The smallest absolute Gasteiger partial charge is 0.191 e. The molecule has 1 saturated carbocycles. The Morgan fingerprint density at radius 3 is 2.83 bits per heavy atom. The van der Waals surface area contributed by atoms with Gasteiger partial charge in [-0.05, 0) is 50.2 Å². The van der Waals surface area contributed by atoms with Crippen LogP contribution >= 0.6 is 24.0 Å². The fourth-order valence-corrected chi connectivity index (χ4v) is 4.53. The number of aliphatic imine (C=N–C) groups is 1. The van der Waals surface area contributed by atoms with Crippen LogP contribution in [0.5, 0.6) is 5.75 Å². The number of rotatable bonds is 5. The molecule has 0 bridgehead atoms. The lowest BCUT2D eigenvalue weighted by molar-refractivity contribution is 0.0396. The van der Waals surface area contributed by atoms with E-state index in [1.165, 1.54) is 24.0 Å². The molecule has 7 heteroatoms. The third-order valence-corrected chi connectivity index (χ3v) is 5.94. The number of nitrogens with one attached hydrogen (secondary N) is 2. The SMILES string of the molecule is CN=C(NCCCc1cnn(C)c1)NC1CC2(CCCC2)Oc2ccccc21.I. The second-order valence-corrected chi connectivity index (χ2v) is 8.06. The molecule has 1 unspecified atom stereocenters. The third-order valence-electron chi connectivity index (χ3n) is 5.94. The van der Waals surface area contributed by atoms with E-state index in [9.17, 15) is 0 Å². The molecule has 1 fully saturated rings. The van der Waals surface area contributed by atoms with Gasteiger partial charge in [-0.1, -0.05) is 18.2 Å². The topological polar surface area (TPSA) is 63.5 Å². The van der Waals surface area contributed by atoms with Crippen molar-refractivity contribution in [3.63, 3.8) is 0 Å². The van der Waals surface area contributed by atoms with Crippen LogP contribution in [0.25, 0.3) is 0 Å². The molecule has 2 N–H and O–H groups in total. The summed E-state index contributed by atoms with van der Waals surface area (Å²) in [5.41, 5.74) is 2.50. The van der Waals surface area contributed by atoms with Crippen LogP contribution in [0, 0.1) is 0 Å². The van der Waals surface area contributed by atoms with Crippen LogP contribution in [0.4, 0.5) is 0 Å². The van der Waals surface area contributed by atoms with E-state index in [1.807, 2.05) is 25.0 Å². The molecule has 0 amide bonds. The van der Waals surface area contributed by atoms with E-state index in [0.29, 0.717) is 0 Å². The number of ether oxygens (including phenoxy) is 1. The summed E-state index contributed by atoms with van der Waals surface area (Å²) in [6, 6.07) is 8.66. The number of hydrogen-bond acceptors (Lipinski definition) is 3. The molecule has 1 spiro atoms. The summed E-state index contributed by atoms with van der Waals surface area (Å²) in [6.45, 7) is 0.880. The molecule has 0 radical (unpaired) electrons. The summed E-state index contributed by atoms with van der Waals surface area (Å²) in [5.74, 6) is 1.89. The van der Waals surface area contributed by atoms with Gasteiger partial charge in [0.2, 0.25) is 0 Å². The molecule has 4 rings (SSSR count). The average Bonchev–Trinajstić information content (AvgIpc) is 3.33. The van der Waals surface area contributed by atoms with Crippen molar-refractivity contribution >= 4 is 29.9 Å². The number of para-hydroxylation sites is 1. The molecule has 6 nitrogen and oxygen atoms in total. The molecule has 0 saturated heterocycles. The maximum Gasteiger partial charge on any atom is 0.191 e. The van der Waals surface area contributed by atoms with Gasteiger partial charge in [0.25, 0.3) is 0 Å². The molecule has 1 atom stereocenters. The Morgan fingerprint density at radius 2 is 2.10 bits per heavy atom. The van der Waals surface area contributed by atoms with Gasteiger partial charge in [0, 0.05) is 38.8 Å². The van der Waals surface area contributed by atoms with Gasteiger partial charge in [0.05, 0.1) is 12.2 Å². The molecule has 29 heavy (non-hydrogen) atoms. The Kier molecular flexibility index (Phi) is 7.43. The fraction of sp³-hybridized carbons (Fsp3) is 0.545. The summed E-state index contributed by atoms with van der Waals surface area (Å²) in [6.07, 6.45) is 11.9. The van der Waals surface area contributed by atoms with Gasteiger partial charge in [-0.15, -0.1) is 24.0 Å². The van der Waals surface area contributed by atoms with Crippen LogP contribution in [0.15, 0.2) is 41.7 Å². The lowest BCUT2D eigenvalue weighted by atomic mass is 9.86. The first kappa shape index (κ1) is 21.9. The van der Waals surface area contributed by atoms with Crippen LogP contribution < -0.4 is 15.4 Å². The Morgan fingerprint density at radius 1 is 1.31 bits per heavy atom.